The molecule has 3 rings (SSSR count). The number of aromatic amines is 1. The summed E-state index contributed by atoms with van der Waals surface area (Å²) >= 11 is 0. The standard InChI is InChI=1S/C15H13F5N2S/c1-2-10-5-3-4-6-12(10)15-21-13-8-7-11(9-14(13)22-15)23(16,17,18,19)20/h3-9H,2H2,1H3,(H,21,22). The van der Waals surface area contributed by atoms with Crippen LogP contribution >= 0.6 is 10.2 Å². The van der Waals surface area contributed by atoms with Crippen molar-refractivity contribution in [3.05, 3.63) is 48.0 Å². The SMILES string of the molecule is CCc1ccccc1-c1nc2ccc(S(F)(F)(F)(F)F)cc2[nH]1. The summed E-state index contributed by atoms with van der Waals surface area (Å²) in [6.45, 7) is 1.94. The molecular formula is C15H13F5N2S. The predicted octanol–water partition coefficient (Wildman–Crippen LogP) is 6.45. The van der Waals surface area contributed by atoms with Crippen molar-refractivity contribution in [2.45, 2.75) is 18.2 Å². The summed E-state index contributed by atoms with van der Waals surface area (Å²) in [6.07, 6.45) is 0.712. The lowest BCUT2D eigenvalue weighted by Crippen LogP contribution is -2.05. The third-order valence-corrected chi connectivity index (χ3v) is 4.70. The minimum Gasteiger partial charge on any atom is -0.338 e. The Bertz CT molecular complexity index is 900. The number of nitrogens with one attached hydrogen (secondary N) is 1. The highest BCUT2D eigenvalue weighted by Gasteiger charge is 2.65. The van der Waals surface area contributed by atoms with Crippen LogP contribution in [0.25, 0.3) is 22.4 Å². The summed E-state index contributed by atoms with van der Waals surface area (Å²) in [7, 11) is -9.70. The molecule has 0 atom stereocenters. The average molecular weight is 348 g/mol. The van der Waals surface area contributed by atoms with Crippen molar-refractivity contribution in [1.29, 1.82) is 0 Å². The van der Waals surface area contributed by atoms with Crippen molar-refractivity contribution < 1.29 is 19.4 Å². The van der Waals surface area contributed by atoms with E-state index < -0.39 is 15.1 Å². The predicted molar refractivity (Wildman–Crippen MR) is 82.3 cm³/mol. The Labute approximate surface area is 129 Å². The second-order valence-electron chi connectivity index (χ2n) is 5.24. The molecule has 1 N–H and O–H groups in total. The Balaban J connectivity index is 2.18. The number of halogens is 5. The molecule has 1 aromatic heterocycles. The monoisotopic (exact) mass is 348 g/mol. The molecule has 0 radical (unpaired) electrons. The van der Waals surface area contributed by atoms with Gasteiger partial charge >= 0.3 is 10.2 Å². The van der Waals surface area contributed by atoms with Crippen molar-refractivity contribution in [3.63, 3.8) is 0 Å². The van der Waals surface area contributed by atoms with E-state index in [2.05, 4.69) is 9.97 Å². The van der Waals surface area contributed by atoms with Crippen LogP contribution in [0.3, 0.4) is 0 Å². The molecule has 23 heavy (non-hydrogen) atoms. The lowest BCUT2D eigenvalue weighted by Gasteiger charge is -2.40. The first-order valence-corrected chi connectivity index (χ1v) is 8.75. The number of fused-ring (bicyclic) bond motifs is 1. The summed E-state index contributed by atoms with van der Waals surface area (Å²) in [6, 6.07) is 9.03. The van der Waals surface area contributed by atoms with E-state index >= 15 is 0 Å². The van der Waals surface area contributed by atoms with Gasteiger partial charge in [0.2, 0.25) is 0 Å². The van der Waals surface area contributed by atoms with Gasteiger partial charge in [-0.2, -0.15) is 0 Å². The topological polar surface area (TPSA) is 28.7 Å². The summed E-state index contributed by atoms with van der Waals surface area (Å²) in [5.41, 5.74) is 1.83. The molecule has 3 aromatic rings. The van der Waals surface area contributed by atoms with Gasteiger partial charge in [-0.25, -0.2) is 4.98 Å². The zero-order valence-electron chi connectivity index (χ0n) is 12.0. The summed E-state index contributed by atoms with van der Waals surface area (Å²) in [5.74, 6) is 0.358. The number of hydrogen-bond donors (Lipinski definition) is 1. The van der Waals surface area contributed by atoms with E-state index in [0.717, 1.165) is 17.2 Å². The number of aromatic nitrogens is 2. The second-order valence-corrected chi connectivity index (χ2v) is 7.65. The first kappa shape index (κ1) is 15.8. The molecule has 0 aliphatic heterocycles. The molecule has 8 heteroatoms. The fourth-order valence-corrected chi connectivity index (χ4v) is 3.08. The maximum absolute atomic E-state index is 12.9. The van der Waals surface area contributed by atoms with Crippen molar-refractivity contribution >= 4 is 21.3 Å². The van der Waals surface area contributed by atoms with Gasteiger partial charge in [0.15, 0.2) is 0 Å². The molecule has 0 fully saturated rings. The van der Waals surface area contributed by atoms with Crippen molar-refractivity contribution in [3.8, 4) is 11.4 Å². The van der Waals surface area contributed by atoms with Crippen LogP contribution in [0.1, 0.15) is 12.5 Å². The highest BCUT2D eigenvalue weighted by molar-refractivity contribution is 8.45. The minimum absolute atomic E-state index is 0.0725. The minimum atomic E-state index is -9.70. The lowest BCUT2D eigenvalue weighted by atomic mass is 10.1. The fourth-order valence-electron chi connectivity index (χ4n) is 2.42. The third kappa shape index (κ3) is 3.03. The van der Waals surface area contributed by atoms with Crippen molar-refractivity contribution in [2.24, 2.45) is 0 Å². The van der Waals surface area contributed by atoms with Crippen LogP contribution in [0, 0.1) is 0 Å². The molecule has 2 aromatic carbocycles. The molecule has 0 unspecified atom stereocenters. The van der Waals surface area contributed by atoms with E-state index in [4.69, 9.17) is 0 Å². The number of nitrogens with zero attached hydrogens (tertiary/aromatic N) is 1. The first-order valence-electron chi connectivity index (χ1n) is 6.80. The number of hydrogen-bond acceptors (Lipinski definition) is 1. The van der Waals surface area contributed by atoms with Gasteiger partial charge in [0.05, 0.1) is 11.0 Å². The highest BCUT2D eigenvalue weighted by Crippen LogP contribution is 3.02. The highest BCUT2D eigenvalue weighted by atomic mass is 32.5. The molecule has 0 amide bonds. The van der Waals surface area contributed by atoms with Crippen LogP contribution in [0.2, 0.25) is 0 Å². The van der Waals surface area contributed by atoms with Crippen molar-refractivity contribution in [2.75, 3.05) is 0 Å². The molecule has 0 aliphatic rings. The number of imidazole rings is 1. The zero-order chi connectivity index (χ0) is 16.9. The van der Waals surface area contributed by atoms with Crippen LogP contribution in [-0.4, -0.2) is 9.97 Å². The number of rotatable bonds is 3. The summed E-state index contributed by atoms with van der Waals surface area (Å²) in [5, 5.41) is 0. The van der Waals surface area contributed by atoms with E-state index in [1.165, 1.54) is 0 Å². The van der Waals surface area contributed by atoms with Gasteiger partial charge < -0.3 is 4.98 Å². The van der Waals surface area contributed by atoms with E-state index in [0.29, 0.717) is 24.4 Å². The lowest BCUT2D eigenvalue weighted by molar-refractivity contribution is 0.364. The zero-order valence-corrected chi connectivity index (χ0v) is 12.8. The molecule has 124 valence electrons. The van der Waals surface area contributed by atoms with Gasteiger partial charge in [-0.3, -0.25) is 0 Å². The van der Waals surface area contributed by atoms with Crippen molar-refractivity contribution in [1.82, 2.24) is 9.97 Å². The summed E-state index contributed by atoms with van der Waals surface area (Å²) < 4.78 is 64.4. The second kappa shape index (κ2) is 4.25. The Morgan fingerprint density at radius 1 is 1.00 bits per heavy atom. The van der Waals surface area contributed by atoms with Crippen LogP contribution in [0.5, 0.6) is 0 Å². The van der Waals surface area contributed by atoms with Crippen LogP contribution in [0.15, 0.2) is 47.4 Å². The van der Waals surface area contributed by atoms with Gasteiger partial charge in [0, 0.05) is 5.56 Å². The van der Waals surface area contributed by atoms with Gasteiger partial charge in [0.1, 0.15) is 10.7 Å². The fraction of sp³-hybridized carbons (Fsp3) is 0.133. The van der Waals surface area contributed by atoms with E-state index in [1.54, 1.807) is 12.1 Å². The average Bonchev–Trinajstić information content (AvgIpc) is 2.87. The molecule has 0 spiro atoms. The molecule has 2 nitrogen and oxygen atoms in total. The van der Waals surface area contributed by atoms with E-state index in [-0.39, 0.29) is 11.0 Å². The van der Waals surface area contributed by atoms with Gasteiger partial charge in [-0.1, -0.05) is 50.6 Å². The van der Waals surface area contributed by atoms with Gasteiger partial charge in [-0.15, -0.1) is 0 Å². The largest absolute Gasteiger partial charge is 0.338 e. The van der Waals surface area contributed by atoms with Crippen LogP contribution in [0.4, 0.5) is 19.4 Å². The molecule has 0 saturated carbocycles. The number of H-pyrrole nitrogens is 1. The van der Waals surface area contributed by atoms with Crippen LogP contribution in [-0.2, 0) is 6.42 Å². The molecule has 0 aliphatic carbocycles. The summed E-state index contributed by atoms with van der Waals surface area (Å²) in [4.78, 5) is 4.99. The molecule has 0 saturated heterocycles. The number of benzene rings is 2. The Kier molecular flexibility index (Phi) is 2.92. The van der Waals surface area contributed by atoms with Crippen LogP contribution < -0.4 is 0 Å². The molecular weight excluding hydrogens is 335 g/mol. The maximum Gasteiger partial charge on any atom is 0.310 e. The Morgan fingerprint density at radius 2 is 1.70 bits per heavy atom. The normalized spacial score (nSPS) is 15.4. The Morgan fingerprint density at radius 3 is 2.35 bits per heavy atom. The smallest absolute Gasteiger partial charge is 0.310 e. The molecule has 0 bridgehead atoms. The molecule has 1 heterocycles. The third-order valence-electron chi connectivity index (χ3n) is 3.55. The van der Waals surface area contributed by atoms with Gasteiger partial charge in [-0.05, 0) is 30.2 Å². The first-order chi connectivity index (χ1) is 10.5. The van der Waals surface area contributed by atoms with E-state index in [1.807, 2.05) is 19.1 Å². The number of aryl methyl sites for hydroxylation is 1. The van der Waals surface area contributed by atoms with E-state index in [9.17, 15) is 19.4 Å². The van der Waals surface area contributed by atoms with Gasteiger partial charge in [0.25, 0.3) is 0 Å². The quantitative estimate of drug-likeness (QED) is 0.541. The Hall–Kier alpha value is -2.09. The maximum atomic E-state index is 12.9.